The largest absolute Gasteiger partial charge is 0.493 e. The third kappa shape index (κ3) is 4.15. The lowest BCUT2D eigenvalue weighted by Gasteiger charge is -2.25. The zero-order valence-corrected chi connectivity index (χ0v) is 13.2. The predicted molar refractivity (Wildman–Crippen MR) is 76.7 cm³/mol. The van der Waals surface area contributed by atoms with Crippen molar-refractivity contribution in [3.63, 3.8) is 0 Å². The fourth-order valence-corrected chi connectivity index (χ4v) is 3.75. The molecule has 2 N–H and O–H groups in total. The van der Waals surface area contributed by atoms with Gasteiger partial charge in [-0.2, -0.15) is 13.2 Å². The minimum atomic E-state index is -4.90. The van der Waals surface area contributed by atoms with Gasteiger partial charge in [-0.3, -0.25) is 0 Å². The molecule has 0 aromatic heterocycles. The van der Waals surface area contributed by atoms with E-state index in [0.29, 0.717) is 24.3 Å². The highest BCUT2D eigenvalue weighted by atomic mass is 32.2. The highest BCUT2D eigenvalue weighted by molar-refractivity contribution is 7.89. The molecule has 0 bridgehead atoms. The lowest BCUT2D eigenvalue weighted by Crippen LogP contribution is -2.49. The van der Waals surface area contributed by atoms with E-state index in [1.807, 2.05) is 4.72 Å². The van der Waals surface area contributed by atoms with Gasteiger partial charge < -0.3 is 9.84 Å². The van der Waals surface area contributed by atoms with Crippen molar-refractivity contribution in [2.45, 2.75) is 49.4 Å². The van der Waals surface area contributed by atoms with Crippen LogP contribution in [0.5, 0.6) is 5.75 Å². The standard InChI is InChI=1S/C14H18F3NO4S/c1-2-11(13(19)14(15,16)17)18-23(20,21)10-5-6-12-9(8-10)4-3-7-22-12/h5-6,8,11,13,18-19H,2-4,7H2,1H3. The van der Waals surface area contributed by atoms with Gasteiger partial charge in [0, 0.05) is 0 Å². The van der Waals surface area contributed by atoms with Crippen molar-refractivity contribution in [1.29, 1.82) is 0 Å². The Morgan fingerprint density at radius 1 is 1.39 bits per heavy atom. The van der Waals surface area contributed by atoms with Gasteiger partial charge >= 0.3 is 6.18 Å². The van der Waals surface area contributed by atoms with Crippen LogP contribution in [0.3, 0.4) is 0 Å². The molecule has 0 aliphatic carbocycles. The van der Waals surface area contributed by atoms with Gasteiger partial charge in [0.05, 0.1) is 17.5 Å². The van der Waals surface area contributed by atoms with Crippen molar-refractivity contribution in [1.82, 2.24) is 4.72 Å². The number of benzene rings is 1. The number of aliphatic hydroxyl groups is 1. The highest BCUT2D eigenvalue weighted by Gasteiger charge is 2.44. The Balaban J connectivity index is 2.24. The molecule has 1 aromatic carbocycles. The average Bonchev–Trinajstić information content (AvgIpc) is 2.50. The number of fused-ring (bicyclic) bond motifs is 1. The smallest absolute Gasteiger partial charge is 0.415 e. The fourth-order valence-electron chi connectivity index (χ4n) is 2.37. The zero-order chi connectivity index (χ0) is 17.3. The molecule has 1 heterocycles. The number of alkyl halides is 3. The molecule has 0 radical (unpaired) electrons. The molecule has 23 heavy (non-hydrogen) atoms. The Hall–Kier alpha value is -1.32. The maximum absolute atomic E-state index is 12.6. The van der Waals surface area contributed by atoms with Gasteiger partial charge in [-0.1, -0.05) is 6.92 Å². The summed E-state index contributed by atoms with van der Waals surface area (Å²) in [6.45, 7) is 1.91. The topological polar surface area (TPSA) is 75.6 Å². The number of aliphatic hydroxyl groups excluding tert-OH is 1. The van der Waals surface area contributed by atoms with Gasteiger partial charge in [-0.05, 0) is 43.0 Å². The van der Waals surface area contributed by atoms with E-state index in [1.165, 1.54) is 25.1 Å². The number of aryl methyl sites for hydroxylation is 1. The number of hydrogen-bond donors (Lipinski definition) is 2. The van der Waals surface area contributed by atoms with Gasteiger partial charge in [0.25, 0.3) is 0 Å². The first-order valence-corrected chi connectivity index (χ1v) is 8.66. The van der Waals surface area contributed by atoms with Crippen LogP contribution in [0.4, 0.5) is 13.2 Å². The Morgan fingerprint density at radius 3 is 2.70 bits per heavy atom. The lowest BCUT2D eigenvalue weighted by atomic mass is 10.1. The first-order chi connectivity index (χ1) is 10.6. The maximum atomic E-state index is 12.6. The molecule has 1 aromatic rings. The van der Waals surface area contributed by atoms with Gasteiger partial charge in [0.1, 0.15) is 5.75 Å². The highest BCUT2D eigenvalue weighted by Crippen LogP contribution is 2.28. The van der Waals surface area contributed by atoms with E-state index in [4.69, 9.17) is 4.74 Å². The molecular weight excluding hydrogens is 335 g/mol. The molecule has 0 saturated carbocycles. The molecule has 1 aliphatic rings. The molecule has 5 nitrogen and oxygen atoms in total. The van der Waals surface area contributed by atoms with Crippen LogP contribution in [0.15, 0.2) is 23.1 Å². The average molecular weight is 353 g/mol. The summed E-state index contributed by atoms with van der Waals surface area (Å²) in [7, 11) is -4.18. The minimum absolute atomic E-state index is 0.144. The molecule has 9 heteroatoms. The summed E-state index contributed by atoms with van der Waals surface area (Å²) >= 11 is 0. The number of rotatable bonds is 5. The van der Waals surface area contributed by atoms with Crippen LogP contribution >= 0.6 is 0 Å². The van der Waals surface area contributed by atoms with Crippen molar-refractivity contribution < 1.29 is 31.4 Å². The SMILES string of the molecule is CCC(NS(=O)(=O)c1ccc2c(c1)CCCO2)C(O)C(F)(F)F. The lowest BCUT2D eigenvalue weighted by molar-refractivity contribution is -0.210. The molecule has 0 saturated heterocycles. The minimum Gasteiger partial charge on any atom is -0.493 e. The van der Waals surface area contributed by atoms with Crippen molar-refractivity contribution in [3.8, 4) is 5.75 Å². The second kappa shape index (κ2) is 6.66. The monoisotopic (exact) mass is 353 g/mol. The number of halogens is 3. The normalized spacial score (nSPS) is 18.0. The van der Waals surface area contributed by atoms with Gasteiger partial charge in [0.15, 0.2) is 6.10 Å². The third-order valence-corrected chi connectivity index (χ3v) is 5.14. The predicted octanol–water partition coefficient (Wildman–Crippen LogP) is 1.99. The van der Waals surface area contributed by atoms with E-state index >= 15 is 0 Å². The summed E-state index contributed by atoms with van der Waals surface area (Å²) in [5.74, 6) is 0.581. The third-order valence-electron chi connectivity index (χ3n) is 3.65. The van der Waals surface area contributed by atoms with Crippen LogP contribution in [0.25, 0.3) is 0 Å². The quantitative estimate of drug-likeness (QED) is 0.849. The fraction of sp³-hybridized carbons (Fsp3) is 0.571. The van der Waals surface area contributed by atoms with E-state index in [2.05, 4.69) is 0 Å². The Morgan fingerprint density at radius 2 is 2.09 bits per heavy atom. The summed E-state index contributed by atoms with van der Waals surface area (Å²) in [5, 5.41) is 9.28. The van der Waals surface area contributed by atoms with E-state index in [0.717, 1.165) is 6.42 Å². The van der Waals surface area contributed by atoms with Crippen molar-refractivity contribution in [3.05, 3.63) is 23.8 Å². The Bertz CT molecular complexity index is 660. The summed E-state index contributed by atoms with van der Waals surface area (Å²) in [6, 6.07) is 2.51. The molecular formula is C14H18F3NO4S. The molecule has 2 atom stereocenters. The molecule has 130 valence electrons. The van der Waals surface area contributed by atoms with Crippen molar-refractivity contribution >= 4 is 10.0 Å². The maximum Gasteiger partial charge on any atom is 0.415 e. The molecule has 0 fully saturated rings. The molecule has 1 aliphatic heterocycles. The summed E-state index contributed by atoms with van der Waals surface area (Å²) in [5.41, 5.74) is 0.698. The summed E-state index contributed by atoms with van der Waals surface area (Å²) in [6.07, 6.45) is -6.47. The van der Waals surface area contributed by atoms with E-state index in [9.17, 15) is 26.7 Å². The van der Waals surface area contributed by atoms with Crippen molar-refractivity contribution in [2.24, 2.45) is 0 Å². The number of ether oxygens (including phenoxy) is 1. The van der Waals surface area contributed by atoms with Crippen LogP contribution in [-0.4, -0.2) is 38.5 Å². The van der Waals surface area contributed by atoms with Gasteiger partial charge in [-0.15, -0.1) is 0 Å². The first kappa shape index (κ1) is 18.0. The summed E-state index contributed by atoms with van der Waals surface area (Å²) in [4.78, 5) is -0.144. The second-order valence-electron chi connectivity index (χ2n) is 5.34. The number of nitrogens with one attached hydrogen (secondary N) is 1. The van der Waals surface area contributed by atoms with Crippen LogP contribution in [0.1, 0.15) is 25.3 Å². The van der Waals surface area contributed by atoms with Gasteiger partial charge in [-0.25, -0.2) is 13.1 Å². The van der Waals surface area contributed by atoms with Crippen LogP contribution in [0.2, 0.25) is 0 Å². The van der Waals surface area contributed by atoms with Crippen molar-refractivity contribution in [2.75, 3.05) is 6.61 Å². The van der Waals surface area contributed by atoms with Crippen LogP contribution in [0, 0.1) is 0 Å². The molecule has 0 amide bonds. The second-order valence-corrected chi connectivity index (χ2v) is 7.06. The van der Waals surface area contributed by atoms with E-state index in [-0.39, 0.29) is 11.3 Å². The van der Waals surface area contributed by atoms with Crippen LogP contribution < -0.4 is 9.46 Å². The van der Waals surface area contributed by atoms with E-state index < -0.39 is 28.3 Å². The zero-order valence-electron chi connectivity index (χ0n) is 12.4. The molecule has 2 rings (SSSR count). The number of sulfonamides is 1. The molecule has 0 spiro atoms. The summed E-state index contributed by atoms with van der Waals surface area (Å²) < 4.78 is 69.6. The number of hydrogen-bond acceptors (Lipinski definition) is 4. The first-order valence-electron chi connectivity index (χ1n) is 7.18. The Kier molecular flexibility index (Phi) is 5.22. The van der Waals surface area contributed by atoms with Crippen LogP contribution in [-0.2, 0) is 16.4 Å². The van der Waals surface area contributed by atoms with E-state index in [1.54, 1.807) is 0 Å². The van der Waals surface area contributed by atoms with Gasteiger partial charge in [0.2, 0.25) is 10.0 Å². The Labute approximate surface area is 132 Å². The molecule has 2 unspecified atom stereocenters.